The van der Waals surface area contributed by atoms with Gasteiger partial charge in [-0.1, -0.05) is 61.4 Å². The molecule has 2 aromatic rings. The minimum atomic E-state index is 0.446. The molecule has 4 heteroatoms. The van der Waals surface area contributed by atoms with Crippen molar-refractivity contribution in [1.82, 2.24) is 0 Å². The van der Waals surface area contributed by atoms with Crippen molar-refractivity contribution >= 4 is 11.3 Å². The average Bonchev–Trinajstić information content (AvgIpc) is 3.16. The van der Waals surface area contributed by atoms with Crippen LogP contribution in [0.2, 0.25) is 0 Å². The number of benzene rings is 2. The maximum atomic E-state index is 9.81. The van der Waals surface area contributed by atoms with Gasteiger partial charge in [-0.15, -0.1) is 0 Å². The number of hydrogen-bond donors (Lipinski definition) is 0. The Labute approximate surface area is 197 Å². The number of allylic oxidation sites excluding steroid dienone is 7. The van der Waals surface area contributed by atoms with Gasteiger partial charge in [0.15, 0.2) is 5.75 Å². The zero-order valence-corrected chi connectivity index (χ0v) is 19.7. The van der Waals surface area contributed by atoms with Gasteiger partial charge in [-0.05, 0) is 62.6 Å². The van der Waals surface area contributed by atoms with Crippen molar-refractivity contribution < 1.29 is 4.74 Å². The third-order valence-electron chi connectivity index (χ3n) is 5.51. The highest BCUT2D eigenvalue weighted by atomic mass is 16.5. The maximum absolute atomic E-state index is 9.81. The summed E-state index contributed by atoms with van der Waals surface area (Å²) in [6.07, 6.45) is 9.52. The molecule has 0 radical (unpaired) electrons. The maximum Gasteiger partial charge on any atom is 0.200 e. The SMILES string of the molecule is CCCCN1/C(=C/C=C/C=C(C#N)/C(=C(/C)C#N)c2ccc(C)cc2)Oc2ccc(C)cc21. The fourth-order valence-corrected chi connectivity index (χ4v) is 3.70. The molecule has 0 aliphatic carbocycles. The first-order valence-corrected chi connectivity index (χ1v) is 11.2. The Bertz CT molecular complexity index is 1210. The first-order valence-electron chi connectivity index (χ1n) is 11.2. The van der Waals surface area contributed by atoms with Crippen LogP contribution >= 0.6 is 0 Å². The van der Waals surface area contributed by atoms with Crippen molar-refractivity contribution in [2.45, 2.75) is 40.5 Å². The second kappa shape index (κ2) is 11.0. The third-order valence-corrected chi connectivity index (χ3v) is 5.51. The summed E-state index contributed by atoms with van der Waals surface area (Å²) in [4.78, 5) is 2.20. The van der Waals surface area contributed by atoms with E-state index in [0.717, 1.165) is 47.8 Å². The molecule has 2 aromatic carbocycles. The van der Waals surface area contributed by atoms with Gasteiger partial charge in [-0.2, -0.15) is 10.5 Å². The van der Waals surface area contributed by atoms with Crippen LogP contribution in [0.15, 0.2) is 83.8 Å². The molecule has 0 unspecified atom stereocenters. The van der Waals surface area contributed by atoms with Gasteiger partial charge in [0.05, 0.1) is 23.4 Å². The normalized spacial score (nSPS) is 15.2. The van der Waals surface area contributed by atoms with Gasteiger partial charge in [-0.25, -0.2) is 0 Å². The monoisotopic (exact) mass is 435 g/mol. The molecule has 0 bridgehead atoms. The molecule has 4 nitrogen and oxygen atoms in total. The molecule has 33 heavy (non-hydrogen) atoms. The lowest BCUT2D eigenvalue weighted by molar-refractivity contribution is 0.437. The lowest BCUT2D eigenvalue weighted by Crippen LogP contribution is -2.21. The van der Waals surface area contributed by atoms with Crippen molar-refractivity contribution in [2.75, 3.05) is 11.4 Å². The van der Waals surface area contributed by atoms with Gasteiger partial charge in [0, 0.05) is 17.7 Å². The lowest BCUT2D eigenvalue weighted by Gasteiger charge is -2.17. The lowest BCUT2D eigenvalue weighted by atomic mass is 9.93. The number of fused-ring (bicyclic) bond motifs is 1. The summed E-state index contributed by atoms with van der Waals surface area (Å²) >= 11 is 0. The zero-order valence-electron chi connectivity index (χ0n) is 19.7. The Morgan fingerprint density at radius 1 is 1.00 bits per heavy atom. The van der Waals surface area contributed by atoms with Gasteiger partial charge in [0.25, 0.3) is 0 Å². The molecular formula is C29H29N3O. The van der Waals surface area contributed by atoms with E-state index in [1.54, 1.807) is 13.0 Å². The standard InChI is InChI=1S/C29H29N3O/c1-5-6-17-32-26-18-22(3)13-16-27(26)33-28(32)10-8-7-9-25(20-31)29(23(4)19-30)24-14-11-21(2)12-15-24/h7-16,18H,5-6,17H2,1-4H3/b8-7+,25-9+,28-10-,29-23-. The van der Waals surface area contributed by atoms with Crippen molar-refractivity contribution in [2.24, 2.45) is 0 Å². The van der Waals surface area contributed by atoms with Gasteiger partial charge in [0.1, 0.15) is 0 Å². The largest absolute Gasteiger partial charge is 0.439 e. The first kappa shape index (κ1) is 23.6. The first-order chi connectivity index (χ1) is 16.0. The molecule has 1 heterocycles. The quantitative estimate of drug-likeness (QED) is 0.342. The number of nitrogens with zero attached hydrogens (tertiary/aromatic N) is 3. The van der Waals surface area contributed by atoms with Gasteiger partial charge in [0.2, 0.25) is 5.88 Å². The van der Waals surface area contributed by atoms with Crippen LogP contribution < -0.4 is 9.64 Å². The highest BCUT2D eigenvalue weighted by Gasteiger charge is 2.25. The number of nitriles is 2. The Balaban J connectivity index is 1.89. The van der Waals surface area contributed by atoms with E-state index < -0.39 is 0 Å². The molecule has 0 amide bonds. The molecule has 0 saturated heterocycles. The van der Waals surface area contributed by atoms with E-state index in [2.05, 4.69) is 37.0 Å². The van der Waals surface area contributed by atoms with Gasteiger partial charge in [-0.3, -0.25) is 0 Å². The van der Waals surface area contributed by atoms with E-state index in [-0.39, 0.29) is 0 Å². The number of unbranched alkanes of at least 4 members (excludes halogenated alkanes) is 1. The van der Waals surface area contributed by atoms with Gasteiger partial charge >= 0.3 is 0 Å². The fourth-order valence-electron chi connectivity index (χ4n) is 3.70. The molecule has 1 aliphatic heterocycles. The van der Waals surface area contributed by atoms with E-state index in [9.17, 15) is 10.5 Å². The topological polar surface area (TPSA) is 60.0 Å². The molecule has 0 atom stereocenters. The number of hydrogen-bond acceptors (Lipinski definition) is 4. The molecule has 1 aliphatic rings. The minimum absolute atomic E-state index is 0.446. The van der Waals surface area contributed by atoms with Gasteiger partial charge < -0.3 is 9.64 Å². The summed E-state index contributed by atoms with van der Waals surface area (Å²) < 4.78 is 6.09. The third kappa shape index (κ3) is 5.62. The summed E-state index contributed by atoms with van der Waals surface area (Å²) in [5.41, 5.74) is 5.88. The van der Waals surface area contributed by atoms with Crippen LogP contribution in [0, 0.1) is 36.5 Å². The number of anilines is 1. The summed E-state index contributed by atoms with van der Waals surface area (Å²) in [6.45, 7) is 8.89. The molecule has 0 aromatic heterocycles. The Kier molecular flexibility index (Phi) is 7.90. The Morgan fingerprint density at radius 2 is 1.73 bits per heavy atom. The molecule has 0 N–H and O–H groups in total. The second-order valence-corrected chi connectivity index (χ2v) is 8.14. The van der Waals surface area contributed by atoms with Crippen molar-refractivity contribution in [3.8, 4) is 17.9 Å². The predicted octanol–water partition coefficient (Wildman–Crippen LogP) is 7.15. The number of rotatable bonds is 7. The smallest absolute Gasteiger partial charge is 0.200 e. The fraction of sp³-hybridized carbons (Fsp3) is 0.241. The average molecular weight is 436 g/mol. The number of aryl methyl sites for hydroxylation is 2. The number of ether oxygens (including phenoxy) is 1. The summed E-state index contributed by atoms with van der Waals surface area (Å²) in [7, 11) is 0. The van der Waals surface area contributed by atoms with Crippen LogP contribution in [-0.2, 0) is 0 Å². The van der Waals surface area contributed by atoms with Crippen molar-refractivity contribution in [3.63, 3.8) is 0 Å². The highest BCUT2D eigenvalue weighted by Crippen LogP contribution is 2.39. The van der Waals surface area contributed by atoms with Crippen molar-refractivity contribution in [1.29, 1.82) is 10.5 Å². The van der Waals surface area contributed by atoms with E-state index in [0.29, 0.717) is 16.7 Å². The molecule has 0 spiro atoms. The molecule has 3 rings (SSSR count). The summed E-state index contributed by atoms with van der Waals surface area (Å²) in [5.74, 6) is 1.63. The minimum Gasteiger partial charge on any atom is -0.439 e. The molecular weight excluding hydrogens is 406 g/mol. The van der Waals surface area contributed by atoms with E-state index in [1.165, 1.54) is 5.56 Å². The van der Waals surface area contributed by atoms with E-state index >= 15 is 0 Å². The van der Waals surface area contributed by atoms with Crippen LogP contribution in [0.25, 0.3) is 5.57 Å². The van der Waals surface area contributed by atoms with Crippen molar-refractivity contribution in [3.05, 3.63) is 100 Å². The predicted molar refractivity (Wildman–Crippen MR) is 134 cm³/mol. The van der Waals surface area contributed by atoms with Crippen LogP contribution in [0.4, 0.5) is 5.69 Å². The highest BCUT2D eigenvalue weighted by molar-refractivity contribution is 5.87. The summed E-state index contributed by atoms with van der Waals surface area (Å²) in [5, 5.41) is 19.3. The molecule has 166 valence electrons. The van der Waals surface area contributed by atoms with E-state index in [1.807, 2.05) is 61.5 Å². The molecule has 0 saturated carbocycles. The molecule has 0 fully saturated rings. The Hall–Kier alpha value is -4.02. The summed E-state index contributed by atoms with van der Waals surface area (Å²) in [6, 6.07) is 18.5. The Morgan fingerprint density at radius 3 is 2.39 bits per heavy atom. The zero-order chi connectivity index (χ0) is 23.8. The van der Waals surface area contributed by atoms with E-state index in [4.69, 9.17) is 4.74 Å². The van der Waals surface area contributed by atoms with Crippen LogP contribution in [0.1, 0.15) is 43.4 Å². The van der Waals surface area contributed by atoms with Crippen LogP contribution in [0.5, 0.6) is 5.75 Å². The van der Waals surface area contributed by atoms with Crippen LogP contribution in [-0.4, -0.2) is 6.54 Å². The second-order valence-electron chi connectivity index (χ2n) is 8.14. The van der Waals surface area contributed by atoms with Crippen LogP contribution in [0.3, 0.4) is 0 Å².